The van der Waals surface area contributed by atoms with E-state index in [1.165, 1.54) is 13.3 Å². The van der Waals surface area contributed by atoms with E-state index in [0.29, 0.717) is 16.6 Å². The van der Waals surface area contributed by atoms with Crippen LogP contribution in [0.4, 0.5) is 5.69 Å². The van der Waals surface area contributed by atoms with Crippen LogP contribution in [0.1, 0.15) is 16.3 Å². The zero-order valence-corrected chi connectivity index (χ0v) is 11.9. The molecule has 114 valence electrons. The summed E-state index contributed by atoms with van der Waals surface area (Å²) in [5.41, 5.74) is 1.56. The molecule has 0 aliphatic carbocycles. The zero-order valence-electron chi connectivity index (χ0n) is 11.9. The highest BCUT2D eigenvalue weighted by atomic mass is 16.5. The minimum absolute atomic E-state index is 0.150. The second-order valence-electron chi connectivity index (χ2n) is 4.34. The number of allylic oxidation sites excluding steroid dienone is 1. The fourth-order valence-corrected chi connectivity index (χ4v) is 2.01. The molecule has 0 saturated carbocycles. The van der Waals surface area contributed by atoms with Crippen LogP contribution in [0.2, 0.25) is 0 Å². The quantitative estimate of drug-likeness (QED) is 0.474. The van der Waals surface area contributed by atoms with Crippen LogP contribution < -0.4 is 5.32 Å². The van der Waals surface area contributed by atoms with E-state index in [1.807, 2.05) is 6.07 Å². The Hall–Kier alpha value is -3.74. The Morgan fingerprint density at radius 3 is 3.00 bits per heavy atom. The predicted molar refractivity (Wildman–Crippen MR) is 78.8 cm³/mol. The fraction of sp³-hybridized carbons (Fsp3) is 0.0769. The number of hydrogen-bond donors (Lipinski definition) is 3. The number of carbonyl (C=O) groups is 1. The highest BCUT2D eigenvalue weighted by Gasteiger charge is 2.17. The smallest absolute Gasteiger partial charge is 0.359 e. The fourth-order valence-electron chi connectivity index (χ4n) is 2.01. The summed E-state index contributed by atoms with van der Waals surface area (Å²) < 4.78 is 4.71. The Balaban J connectivity index is 2.02. The summed E-state index contributed by atoms with van der Waals surface area (Å²) >= 11 is 0. The molecule has 0 amide bonds. The summed E-state index contributed by atoms with van der Waals surface area (Å²) in [6.07, 6.45) is 1.42. The Bertz CT molecular complexity index is 919. The molecule has 0 atom stereocenters. The van der Waals surface area contributed by atoms with Crippen molar-refractivity contribution in [3.05, 3.63) is 35.9 Å². The van der Waals surface area contributed by atoms with Gasteiger partial charge in [0.1, 0.15) is 11.6 Å². The molecule has 0 unspecified atom stereocenters. The summed E-state index contributed by atoms with van der Waals surface area (Å²) in [4.78, 5) is 11.8. The molecule has 3 N–H and O–H groups in total. The maximum absolute atomic E-state index is 11.8. The number of aromatic nitrogens is 6. The Morgan fingerprint density at radius 1 is 1.43 bits per heavy atom. The molecule has 0 saturated heterocycles. The number of nitrogens with one attached hydrogen (secondary N) is 3. The van der Waals surface area contributed by atoms with Crippen molar-refractivity contribution in [3.63, 3.8) is 0 Å². The standard InChI is InChI=1S/C13H10N8O2/c1-23-13(22)11-10-8(3-2-4-9(10)16-17-11)15-6-7(5-14)12-18-20-21-19-12/h2-4,6,15H,1H3,(H,16,17)(H,18,19,20,21). The van der Waals surface area contributed by atoms with E-state index >= 15 is 0 Å². The van der Waals surface area contributed by atoms with Gasteiger partial charge in [0.15, 0.2) is 5.69 Å². The molecule has 1 aromatic carbocycles. The molecular formula is C13H10N8O2. The molecule has 10 nitrogen and oxygen atoms in total. The first-order valence-corrected chi connectivity index (χ1v) is 6.40. The minimum Gasteiger partial charge on any atom is -0.464 e. The molecule has 3 rings (SSSR count). The van der Waals surface area contributed by atoms with Crippen LogP contribution in [0.15, 0.2) is 24.4 Å². The number of anilines is 1. The van der Waals surface area contributed by atoms with Crippen LogP contribution in [0, 0.1) is 11.3 Å². The molecule has 10 heteroatoms. The molecule has 0 aliphatic rings. The second kappa shape index (κ2) is 5.94. The Labute approximate surface area is 129 Å². The van der Waals surface area contributed by atoms with E-state index in [0.717, 1.165) is 0 Å². The summed E-state index contributed by atoms with van der Waals surface area (Å²) in [7, 11) is 1.28. The number of benzene rings is 1. The van der Waals surface area contributed by atoms with Crippen molar-refractivity contribution in [2.45, 2.75) is 0 Å². The molecule has 0 aliphatic heterocycles. The van der Waals surface area contributed by atoms with Gasteiger partial charge in [0.25, 0.3) is 0 Å². The van der Waals surface area contributed by atoms with Crippen molar-refractivity contribution in [1.29, 1.82) is 5.26 Å². The lowest BCUT2D eigenvalue weighted by Gasteiger charge is -2.04. The largest absolute Gasteiger partial charge is 0.464 e. The number of nitriles is 1. The van der Waals surface area contributed by atoms with Gasteiger partial charge in [-0.2, -0.15) is 15.6 Å². The average Bonchev–Trinajstić information content (AvgIpc) is 3.24. The number of fused-ring (bicyclic) bond motifs is 1. The topological polar surface area (TPSA) is 145 Å². The third-order valence-electron chi connectivity index (χ3n) is 3.05. The first-order valence-electron chi connectivity index (χ1n) is 6.40. The van der Waals surface area contributed by atoms with Crippen LogP contribution in [0.25, 0.3) is 16.5 Å². The first kappa shape index (κ1) is 14.2. The van der Waals surface area contributed by atoms with Gasteiger partial charge in [-0.3, -0.25) is 5.10 Å². The normalized spacial score (nSPS) is 11.2. The summed E-state index contributed by atoms with van der Waals surface area (Å²) in [5, 5.41) is 32.5. The number of H-pyrrole nitrogens is 2. The molecule has 2 aromatic heterocycles. The number of carbonyl (C=O) groups excluding carboxylic acids is 1. The van der Waals surface area contributed by atoms with Crippen molar-refractivity contribution in [1.82, 2.24) is 30.8 Å². The number of ether oxygens (including phenoxy) is 1. The lowest BCUT2D eigenvalue weighted by molar-refractivity contribution is 0.0596. The Kier molecular flexibility index (Phi) is 3.67. The SMILES string of the molecule is COC(=O)c1n[nH]c2cccc(NC=C(C#N)c3nn[nH]n3)c12. The number of esters is 1. The first-order chi connectivity index (χ1) is 11.2. The maximum Gasteiger partial charge on any atom is 0.359 e. The lowest BCUT2D eigenvalue weighted by atomic mass is 10.1. The third kappa shape index (κ3) is 2.58. The Morgan fingerprint density at radius 2 is 2.30 bits per heavy atom. The molecule has 0 radical (unpaired) electrons. The summed E-state index contributed by atoms with van der Waals surface area (Å²) in [5.74, 6) is -0.402. The van der Waals surface area contributed by atoms with Crippen molar-refractivity contribution >= 4 is 28.1 Å². The van der Waals surface area contributed by atoms with Gasteiger partial charge in [0, 0.05) is 6.20 Å². The predicted octanol–water partition coefficient (Wildman–Crippen LogP) is 0.839. The molecule has 2 heterocycles. The van der Waals surface area contributed by atoms with Crippen molar-refractivity contribution in [2.24, 2.45) is 0 Å². The zero-order chi connectivity index (χ0) is 16.2. The number of aromatic amines is 2. The second-order valence-corrected chi connectivity index (χ2v) is 4.34. The number of tetrazole rings is 1. The van der Waals surface area contributed by atoms with Gasteiger partial charge >= 0.3 is 5.97 Å². The average molecular weight is 310 g/mol. The number of hydrogen-bond acceptors (Lipinski definition) is 8. The van der Waals surface area contributed by atoms with Crippen molar-refractivity contribution < 1.29 is 9.53 Å². The van der Waals surface area contributed by atoms with Gasteiger partial charge in [-0.05, 0) is 17.3 Å². The van der Waals surface area contributed by atoms with E-state index in [-0.39, 0.29) is 17.1 Å². The van der Waals surface area contributed by atoms with E-state index < -0.39 is 5.97 Å². The van der Waals surface area contributed by atoms with Gasteiger partial charge < -0.3 is 10.1 Å². The van der Waals surface area contributed by atoms with Crippen LogP contribution in [-0.2, 0) is 4.74 Å². The van der Waals surface area contributed by atoms with Crippen LogP contribution in [0.3, 0.4) is 0 Å². The van der Waals surface area contributed by atoms with Crippen molar-refractivity contribution in [2.75, 3.05) is 12.4 Å². The van der Waals surface area contributed by atoms with Gasteiger partial charge in [0.2, 0.25) is 5.82 Å². The third-order valence-corrected chi connectivity index (χ3v) is 3.05. The molecule has 0 spiro atoms. The molecule has 23 heavy (non-hydrogen) atoms. The van der Waals surface area contributed by atoms with Gasteiger partial charge in [-0.1, -0.05) is 6.07 Å². The minimum atomic E-state index is -0.562. The van der Waals surface area contributed by atoms with Crippen molar-refractivity contribution in [3.8, 4) is 6.07 Å². The highest BCUT2D eigenvalue weighted by Crippen LogP contribution is 2.26. The van der Waals surface area contributed by atoms with Gasteiger partial charge in [-0.25, -0.2) is 4.79 Å². The summed E-state index contributed by atoms with van der Waals surface area (Å²) in [6, 6.07) is 7.25. The van der Waals surface area contributed by atoms with Gasteiger partial charge in [-0.15, -0.1) is 10.2 Å². The monoisotopic (exact) mass is 310 g/mol. The van der Waals surface area contributed by atoms with Crippen LogP contribution >= 0.6 is 0 Å². The molecule has 0 fully saturated rings. The molecule has 0 bridgehead atoms. The van der Waals surface area contributed by atoms with Crippen LogP contribution in [-0.4, -0.2) is 43.9 Å². The van der Waals surface area contributed by atoms with E-state index in [4.69, 9.17) is 10.00 Å². The van der Waals surface area contributed by atoms with E-state index in [9.17, 15) is 4.79 Å². The van der Waals surface area contributed by atoms with E-state index in [1.54, 1.807) is 18.2 Å². The highest BCUT2D eigenvalue weighted by molar-refractivity contribution is 6.07. The number of nitrogens with zero attached hydrogens (tertiary/aromatic N) is 5. The lowest BCUT2D eigenvalue weighted by Crippen LogP contribution is -2.03. The van der Waals surface area contributed by atoms with Crippen LogP contribution in [0.5, 0.6) is 0 Å². The molecular weight excluding hydrogens is 300 g/mol. The number of methoxy groups -OCH3 is 1. The van der Waals surface area contributed by atoms with Gasteiger partial charge in [0.05, 0.1) is 23.7 Å². The maximum atomic E-state index is 11.8. The van der Waals surface area contributed by atoms with E-state index in [2.05, 4.69) is 36.1 Å². The summed E-state index contributed by atoms with van der Waals surface area (Å²) in [6.45, 7) is 0. The molecule has 3 aromatic rings. The number of rotatable bonds is 4.